The van der Waals surface area contributed by atoms with Crippen molar-refractivity contribution in [3.05, 3.63) is 52.7 Å². The van der Waals surface area contributed by atoms with E-state index in [1.54, 1.807) is 0 Å². The number of alkyl halides is 3. The Bertz CT molecular complexity index is 1320. The van der Waals surface area contributed by atoms with Gasteiger partial charge in [0.25, 0.3) is 5.91 Å². The third-order valence-corrected chi connectivity index (χ3v) is 6.60. The lowest BCUT2D eigenvalue weighted by Crippen LogP contribution is -2.34. The molecule has 13 heteroatoms. The second kappa shape index (κ2) is 12.2. The highest BCUT2D eigenvalue weighted by Gasteiger charge is 2.40. The predicted octanol–water partition coefficient (Wildman–Crippen LogP) is 5.41. The number of rotatable bonds is 5. The van der Waals surface area contributed by atoms with Gasteiger partial charge >= 0.3 is 6.18 Å². The Morgan fingerprint density at radius 3 is 2.28 bits per heavy atom. The molecule has 2 amide bonds. The first-order valence-corrected chi connectivity index (χ1v) is 13.1. The van der Waals surface area contributed by atoms with Crippen molar-refractivity contribution in [2.75, 3.05) is 5.32 Å². The van der Waals surface area contributed by atoms with E-state index in [-0.39, 0.29) is 39.4 Å². The minimum atomic E-state index is -4.65. The van der Waals surface area contributed by atoms with Crippen molar-refractivity contribution in [1.82, 2.24) is 19.3 Å². The molecule has 2 aliphatic rings. The molecule has 9 nitrogen and oxygen atoms in total. The molecule has 3 aromatic rings. The molecule has 212 valence electrons. The van der Waals surface area contributed by atoms with Crippen LogP contribution in [-0.2, 0) is 13.2 Å². The van der Waals surface area contributed by atoms with Crippen LogP contribution in [0.5, 0.6) is 0 Å². The standard InChI is InChI=1S/C19H16ClF3N6O2.C5H11N.C2H6/c1-28-14(12-8-29(10-3-4-10)27-15(12)19(21,22)23)7-25-17(28)18(31)26-9-2-5-11(16(24)30)13(20)6-9;1-4-2-5(6)3-4;1-2/h2,5-8,10H,3-4H2,1H3,(H2,24,30)(H,26,31);4-5H,2-3,6H2,1H3;1-2H3. The predicted molar refractivity (Wildman–Crippen MR) is 143 cm³/mol. The van der Waals surface area contributed by atoms with Crippen LogP contribution in [0.2, 0.25) is 5.02 Å². The molecule has 2 fully saturated rings. The minimum absolute atomic E-state index is 0.0426. The Kier molecular flexibility index (Phi) is 9.44. The molecule has 0 saturated heterocycles. The highest BCUT2D eigenvalue weighted by atomic mass is 35.5. The Hall–Kier alpha value is -3.38. The monoisotopic (exact) mass is 567 g/mol. The smallest absolute Gasteiger partial charge is 0.366 e. The number of imidazole rings is 1. The van der Waals surface area contributed by atoms with Gasteiger partial charge in [0.2, 0.25) is 5.91 Å². The number of aromatic nitrogens is 4. The van der Waals surface area contributed by atoms with Gasteiger partial charge in [-0.15, -0.1) is 0 Å². The zero-order chi connectivity index (χ0) is 29.1. The van der Waals surface area contributed by atoms with Gasteiger partial charge < -0.3 is 21.4 Å². The topological polar surface area (TPSA) is 134 Å². The minimum Gasteiger partial charge on any atom is -0.366 e. The first kappa shape index (κ1) is 30.2. The molecule has 2 heterocycles. The number of nitrogens with zero attached hydrogens (tertiary/aromatic N) is 4. The van der Waals surface area contributed by atoms with Crippen LogP contribution in [0.3, 0.4) is 0 Å². The number of carbonyl (C=O) groups is 2. The van der Waals surface area contributed by atoms with Crippen molar-refractivity contribution in [2.24, 2.45) is 24.4 Å². The SMILES string of the molecule is CC.CC1CC(N)C1.Cn1c(-c2cn(C3CC3)nc2C(F)(F)F)cnc1C(=O)Nc1ccc(C(N)=O)c(Cl)c1. The zero-order valence-electron chi connectivity index (χ0n) is 22.2. The number of hydrogen-bond donors (Lipinski definition) is 3. The van der Waals surface area contributed by atoms with E-state index in [0.717, 1.165) is 18.8 Å². The molecule has 0 radical (unpaired) electrons. The zero-order valence-corrected chi connectivity index (χ0v) is 23.0. The van der Waals surface area contributed by atoms with Gasteiger partial charge in [0.15, 0.2) is 11.5 Å². The number of halogens is 4. The van der Waals surface area contributed by atoms with Crippen LogP contribution in [0.15, 0.2) is 30.6 Å². The first-order chi connectivity index (χ1) is 18.3. The second-order valence-corrected chi connectivity index (χ2v) is 9.88. The van der Waals surface area contributed by atoms with E-state index in [2.05, 4.69) is 22.3 Å². The lowest BCUT2D eigenvalue weighted by Gasteiger charge is -2.28. The van der Waals surface area contributed by atoms with Gasteiger partial charge in [0.1, 0.15) is 0 Å². The molecule has 39 heavy (non-hydrogen) atoms. The maximum atomic E-state index is 13.5. The molecule has 5 rings (SSSR count). The molecule has 5 N–H and O–H groups in total. The summed E-state index contributed by atoms with van der Waals surface area (Å²) in [6.45, 7) is 6.24. The lowest BCUT2D eigenvalue weighted by molar-refractivity contribution is -0.141. The number of nitrogens with one attached hydrogen (secondary N) is 1. The molecule has 0 aliphatic heterocycles. The van der Waals surface area contributed by atoms with Gasteiger partial charge in [-0.3, -0.25) is 14.3 Å². The number of benzene rings is 1. The van der Waals surface area contributed by atoms with Gasteiger partial charge in [-0.1, -0.05) is 32.4 Å². The van der Waals surface area contributed by atoms with Gasteiger partial charge in [-0.25, -0.2) is 4.98 Å². The van der Waals surface area contributed by atoms with Crippen LogP contribution in [0.25, 0.3) is 11.3 Å². The number of anilines is 1. The summed E-state index contributed by atoms with van der Waals surface area (Å²) in [5.74, 6) is -0.582. The molecule has 0 spiro atoms. The van der Waals surface area contributed by atoms with Gasteiger partial charge in [0, 0.05) is 25.0 Å². The largest absolute Gasteiger partial charge is 0.435 e. The van der Waals surface area contributed by atoms with Crippen molar-refractivity contribution in [1.29, 1.82) is 0 Å². The summed E-state index contributed by atoms with van der Waals surface area (Å²) in [7, 11) is 1.44. The van der Waals surface area contributed by atoms with Gasteiger partial charge in [-0.05, 0) is 49.8 Å². The second-order valence-electron chi connectivity index (χ2n) is 9.48. The Morgan fingerprint density at radius 2 is 1.82 bits per heavy atom. The van der Waals surface area contributed by atoms with Crippen LogP contribution < -0.4 is 16.8 Å². The Labute approximate surface area is 229 Å². The third-order valence-electron chi connectivity index (χ3n) is 6.29. The maximum absolute atomic E-state index is 13.5. The normalized spacial score (nSPS) is 18.2. The molecule has 2 saturated carbocycles. The van der Waals surface area contributed by atoms with E-state index in [1.807, 2.05) is 13.8 Å². The number of nitrogens with two attached hydrogens (primary N) is 2. The average molecular weight is 568 g/mol. The number of primary amides is 1. The summed E-state index contributed by atoms with van der Waals surface area (Å²) >= 11 is 5.97. The maximum Gasteiger partial charge on any atom is 0.435 e. The fraction of sp³-hybridized carbons (Fsp3) is 0.462. The van der Waals surface area contributed by atoms with E-state index in [9.17, 15) is 22.8 Å². The van der Waals surface area contributed by atoms with E-state index in [0.29, 0.717) is 6.04 Å². The van der Waals surface area contributed by atoms with Crippen LogP contribution in [0, 0.1) is 5.92 Å². The summed E-state index contributed by atoms with van der Waals surface area (Å²) in [6, 6.07) is 4.62. The fourth-order valence-electron chi connectivity index (χ4n) is 4.13. The van der Waals surface area contributed by atoms with E-state index in [4.69, 9.17) is 23.1 Å². The van der Waals surface area contributed by atoms with Crippen LogP contribution in [-0.4, -0.2) is 37.2 Å². The number of amides is 2. The number of hydrogen-bond acceptors (Lipinski definition) is 5. The van der Waals surface area contributed by atoms with Crippen molar-refractivity contribution in [3.63, 3.8) is 0 Å². The Balaban J connectivity index is 0.000000457. The quantitative estimate of drug-likeness (QED) is 0.379. The summed E-state index contributed by atoms with van der Waals surface area (Å²) < 4.78 is 43.1. The van der Waals surface area contributed by atoms with Crippen LogP contribution >= 0.6 is 11.6 Å². The highest BCUT2D eigenvalue weighted by Crippen LogP contribution is 2.41. The lowest BCUT2D eigenvalue weighted by atomic mass is 9.83. The van der Waals surface area contributed by atoms with Crippen molar-refractivity contribution in [2.45, 2.75) is 64.7 Å². The van der Waals surface area contributed by atoms with Crippen LogP contribution in [0.4, 0.5) is 18.9 Å². The van der Waals surface area contributed by atoms with Gasteiger partial charge in [-0.2, -0.15) is 18.3 Å². The van der Waals surface area contributed by atoms with Crippen LogP contribution in [0.1, 0.15) is 79.2 Å². The van der Waals surface area contributed by atoms with Gasteiger partial charge in [0.05, 0.1) is 34.1 Å². The highest BCUT2D eigenvalue weighted by molar-refractivity contribution is 6.34. The van der Waals surface area contributed by atoms with Crippen molar-refractivity contribution in [3.8, 4) is 11.3 Å². The van der Waals surface area contributed by atoms with E-state index in [1.165, 1.54) is 59.7 Å². The molecule has 0 bridgehead atoms. The fourth-order valence-corrected chi connectivity index (χ4v) is 4.40. The molecule has 2 aromatic heterocycles. The third kappa shape index (κ3) is 7.18. The molecular formula is C26H33ClF3N7O2. The summed E-state index contributed by atoms with van der Waals surface area (Å²) in [6.07, 6.45) is 1.92. The molecule has 1 aromatic carbocycles. The summed E-state index contributed by atoms with van der Waals surface area (Å²) in [5, 5.41) is 6.31. The molecular weight excluding hydrogens is 535 g/mol. The average Bonchev–Trinajstić information content (AvgIpc) is 3.47. The molecule has 0 atom stereocenters. The number of carbonyl (C=O) groups excluding carboxylic acids is 2. The first-order valence-electron chi connectivity index (χ1n) is 12.7. The van der Waals surface area contributed by atoms with E-state index < -0.39 is 23.7 Å². The summed E-state index contributed by atoms with van der Waals surface area (Å²) in [5.41, 5.74) is 9.94. The Morgan fingerprint density at radius 1 is 1.18 bits per heavy atom. The van der Waals surface area contributed by atoms with Crippen molar-refractivity contribution >= 4 is 29.1 Å². The molecule has 0 unspecified atom stereocenters. The summed E-state index contributed by atoms with van der Waals surface area (Å²) in [4.78, 5) is 27.9. The van der Waals surface area contributed by atoms with E-state index >= 15 is 0 Å². The van der Waals surface area contributed by atoms with Crippen molar-refractivity contribution < 1.29 is 22.8 Å². The molecule has 2 aliphatic carbocycles.